The van der Waals surface area contributed by atoms with Crippen molar-refractivity contribution in [1.29, 1.82) is 0 Å². The first kappa shape index (κ1) is 13.8. The minimum absolute atomic E-state index is 0.237. The summed E-state index contributed by atoms with van der Waals surface area (Å²) < 4.78 is 10.6. The van der Waals surface area contributed by atoms with Crippen LogP contribution in [-0.2, 0) is 4.79 Å². The first-order valence-electron chi connectivity index (χ1n) is 6.53. The summed E-state index contributed by atoms with van der Waals surface area (Å²) in [6.45, 7) is 4.73. The molecule has 5 nitrogen and oxygen atoms in total. The lowest BCUT2D eigenvalue weighted by Gasteiger charge is -2.34. The largest absolute Gasteiger partial charge is 0.494 e. The summed E-state index contributed by atoms with van der Waals surface area (Å²) in [5.74, 6) is 1.09. The van der Waals surface area contributed by atoms with Gasteiger partial charge < -0.3 is 14.8 Å². The van der Waals surface area contributed by atoms with E-state index < -0.39 is 0 Å². The lowest BCUT2D eigenvalue weighted by Crippen LogP contribution is -2.57. The van der Waals surface area contributed by atoms with E-state index >= 15 is 0 Å². The summed E-state index contributed by atoms with van der Waals surface area (Å²) in [5, 5.41) is 3.18. The highest BCUT2D eigenvalue weighted by Crippen LogP contribution is 2.17. The molecule has 2 rings (SSSR count). The molecule has 1 aromatic carbocycles. The van der Waals surface area contributed by atoms with E-state index in [4.69, 9.17) is 9.47 Å². The molecule has 1 saturated heterocycles. The smallest absolute Gasteiger partial charge is 0.325 e. The zero-order valence-electron chi connectivity index (χ0n) is 11.4. The fourth-order valence-corrected chi connectivity index (χ4v) is 1.85. The fraction of sp³-hybridized carbons (Fsp3) is 0.500. The maximum Gasteiger partial charge on any atom is 0.325 e. The van der Waals surface area contributed by atoms with E-state index in [0.717, 1.165) is 18.8 Å². The molecule has 1 N–H and O–H groups in total. The lowest BCUT2D eigenvalue weighted by atomic mass is 10.1. The Hall–Kier alpha value is -1.59. The molecule has 0 saturated carbocycles. The number of esters is 1. The minimum Gasteiger partial charge on any atom is -0.494 e. The van der Waals surface area contributed by atoms with E-state index in [1.807, 2.05) is 18.9 Å². The highest BCUT2D eigenvalue weighted by molar-refractivity contribution is 5.74. The van der Waals surface area contributed by atoms with Crippen molar-refractivity contribution < 1.29 is 14.3 Å². The SMILES string of the molecule is CCOc1ccc(OC(=O)CN(C)C2CNC2)cc1. The van der Waals surface area contributed by atoms with Crippen LogP contribution >= 0.6 is 0 Å². The third-order valence-corrected chi connectivity index (χ3v) is 3.13. The summed E-state index contributed by atoms with van der Waals surface area (Å²) in [7, 11) is 1.94. The Labute approximate surface area is 113 Å². The number of nitrogens with zero attached hydrogens (tertiary/aromatic N) is 1. The molecule has 104 valence electrons. The average molecular weight is 264 g/mol. The van der Waals surface area contributed by atoms with Gasteiger partial charge in [-0.05, 0) is 38.2 Å². The number of ether oxygens (including phenoxy) is 2. The van der Waals surface area contributed by atoms with Crippen LogP contribution in [0.5, 0.6) is 11.5 Å². The van der Waals surface area contributed by atoms with Gasteiger partial charge in [-0.3, -0.25) is 9.69 Å². The molecule has 0 unspecified atom stereocenters. The minimum atomic E-state index is -0.237. The van der Waals surface area contributed by atoms with Crippen molar-refractivity contribution in [1.82, 2.24) is 10.2 Å². The Bertz CT molecular complexity index is 415. The maximum atomic E-state index is 11.8. The Balaban J connectivity index is 1.80. The number of benzene rings is 1. The molecule has 0 radical (unpaired) electrons. The summed E-state index contributed by atoms with van der Waals surface area (Å²) in [5.41, 5.74) is 0. The van der Waals surface area contributed by atoms with Crippen LogP contribution in [0.25, 0.3) is 0 Å². The predicted octanol–water partition coefficient (Wildman–Crippen LogP) is 0.894. The molecule has 5 heteroatoms. The maximum absolute atomic E-state index is 11.8. The summed E-state index contributed by atoms with van der Waals surface area (Å²) >= 11 is 0. The van der Waals surface area contributed by atoms with Gasteiger partial charge in [-0.1, -0.05) is 0 Å². The van der Waals surface area contributed by atoms with Crippen molar-refractivity contribution in [3.63, 3.8) is 0 Å². The number of rotatable bonds is 6. The second-order valence-corrected chi connectivity index (χ2v) is 4.61. The number of hydrogen-bond donors (Lipinski definition) is 1. The van der Waals surface area contributed by atoms with Gasteiger partial charge in [-0.15, -0.1) is 0 Å². The first-order valence-corrected chi connectivity index (χ1v) is 6.53. The number of hydrogen-bond acceptors (Lipinski definition) is 5. The van der Waals surface area contributed by atoms with E-state index in [1.54, 1.807) is 24.3 Å². The van der Waals surface area contributed by atoms with Crippen LogP contribution in [0, 0.1) is 0 Å². The Kier molecular flexibility index (Phi) is 4.76. The first-order chi connectivity index (χ1) is 9.19. The van der Waals surface area contributed by atoms with Crippen LogP contribution < -0.4 is 14.8 Å². The van der Waals surface area contributed by atoms with Crippen LogP contribution in [0.15, 0.2) is 24.3 Å². The lowest BCUT2D eigenvalue weighted by molar-refractivity contribution is -0.136. The standard InChI is InChI=1S/C14H20N2O3/c1-3-18-12-4-6-13(7-5-12)19-14(17)10-16(2)11-8-15-9-11/h4-7,11,15H,3,8-10H2,1-2H3. The third kappa shape index (κ3) is 3.94. The Morgan fingerprint density at radius 1 is 1.32 bits per heavy atom. The van der Waals surface area contributed by atoms with Crippen LogP contribution in [-0.4, -0.2) is 50.2 Å². The summed E-state index contributed by atoms with van der Waals surface area (Å²) in [6.07, 6.45) is 0. The quantitative estimate of drug-likeness (QED) is 0.611. The molecule has 0 aliphatic carbocycles. The number of likely N-dealkylation sites (N-methyl/N-ethyl adjacent to an activating group) is 1. The molecule has 0 amide bonds. The van der Waals surface area contributed by atoms with Gasteiger partial charge in [0, 0.05) is 19.1 Å². The summed E-state index contributed by atoms with van der Waals surface area (Å²) in [6, 6.07) is 7.52. The van der Waals surface area contributed by atoms with Crippen molar-refractivity contribution in [3.05, 3.63) is 24.3 Å². The predicted molar refractivity (Wildman–Crippen MR) is 72.5 cm³/mol. The highest BCUT2D eigenvalue weighted by atomic mass is 16.5. The van der Waals surface area contributed by atoms with Gasteiger partial charge in [-0.2, -0.15) is 0 Å². The molecule has 0 atom stereocenters. The van der Waals surface area contributed by atoms with Gasteiger partial charge in [0.25, 0.3) is 0 Å². The number of carbonyl (C=O) groups is 1. The Morgan fingerprint density at radius 3 is 2.47 bits per heavy atom. The van der Waals surface area contributed by atoms with Crippen LogP contribution in [0.1, 0.15) is 6.92 Å². The molecule has 1 aliphatic rings. The van der Waals surface area contributed by atoms with Gasteiger partial charge >= 0.3 is 5.97 Å². The van der Waals surface area contributed by atoms with E-state index in [-0.39, 0.29) is 5.97 Å². The second-order valence-electron chi connectivity index (χ2n) is 4.61. The summed E-state index contributed by atoms with van der Waals surface area (Å²) in [4.78, 5) is 13.8. The molecule has 0 spiro atoms. The van der Waals surface area contributed by atoms with E-state index in [1.165, 1.54) is 0 Å². The molecule has 1 fully saturated rings. The van der Waals surface area contributed by atoms with Gasteiger partial charge in [0.1, 0.15) is 11.5 Å². The van der Waals surface area contributed by atoms with Crippen LogP contribution in [0.2, 0.25) is 0 Å². The van der Waals surface area contributed by atoms with Crippen molar-refractivity contribution in [3.8, 4) is 11.5 Å². The van der Waals surface area contributed by atoms with Gasteiger partial charge in [0.15, 0.2) is 0 Å². The van der Waals surface area contributed by atoms with Crippen molar-refractivity contribution >= 4 is 5.97 Å². The second kappa shape index (κ2) is 6.54. The zero-order chi connectivity index (χ0) is 13.7. The van der Waals surface area contributed by atoms with Gasteiger partial charge in [-0.25, -0.2) is 0 Å². The van der Waals surface area contributed by atoms with Gasteiger partial charge in [0.2, 0.25) is 0 Å². The highest BCUT2D eigenvalue weighted by Gasteiger charge is 2.23. The average Bonchev–Trinajstić information content (AvgIpc) is 2.29. The molecule has 1 aliphatic heterocycles. The molecule has 19 heavy (non-hydrogen) atoms. The van der Waals surface area contributed by atoms with Crippen LogP contribution in [0.3, 0.4) is 0 Å². The molecule has 1 aromatic rings. The van der Waals surface area contributed by atoms with Crippen LogP contribution in [0.4, 0.5) is 0 Å². The van der Waals surface area contributed by atoms with E-state index in [2.05, 4.69) is 5.32 Å². The van der Waals surface area contributed by atoms with Crippen molar-refractivity contribution in [2.45, 2.75) is 13.0 Å². The molecular weight excluding hydrogens is 244 g/mol. The number of nitrogens with one attached hydrogen (secondary N) is 1. The van der Waals surface area contributed by atoms with E-state index in [0.29, 0.717) is 24.9 Å². The van der Waals surface area contributed by atoms with E-state index in [9.17, 15) is 4.79 Å². The third-order valence-electron chi connectivity index (χ3n) is 3.13. The fourth-order valence-electron chi connectivity index (χ4n) is 1.85. The zero-order valence-corrected chi connectivity index (χ0v) is 11.4. The van der Waals surface area contributed by atoms with Gasteiger partial charge in [0.05, 0.1) is 13.2 Å². The molecule has 0 aromatic heterocycles. The monoisotopic (exact) mass is 264 g/mol. The number of carbonyl (C=O) groups excluding carboxylic acids is 1. The molecule has 1 heterocycles. The topological polar surface area (TPSA) is 50.8 Å². The normalized spacial score (nSPS) is 15.1. The molecular formula is C14H20N2O3. The Morgan fingerprint density at radius 2 is 1.95 bits per heavy atom. The van der Waals surface area contributed by atoms with Crippen molar-refractivity contribution in [2.75, 3.05) is 33.3 Å². The molecule has 0 bridgehead atoms. The van der Waals surface area contributed by atoms with Crippen molar-refractivity contribution in [2.24, 2.45) is 0 Å².